The molecule has 2 aromatic rings. The van der Waals surface area contributed by atoms with Crippen LogP contribution in [0, 0.1) is 20.2 Å². The van der Waals surface area contributed by atoms with Gasteiger partial charge in [-0.3, -0.25) is 34.6 Å². The number of halogens is 2. The minimum atomic E-state index is -1.39. The summed E-state index contributed by atoms with van der Waals surface area (Å²) in [4.78, 5) is 84.9. The molecule has 0 saturated carbocycles. The Labute approximate surface area is 313 Å². The monoisotopic (exact) mass is 787 g/mol. The summed E-state index contributed by atoms with van der Waals surface area (Å²) in [6, 6.07) is 9.02. The molecule has 2 aromatic carbocycles. The van der Waals surface area contributed by atoms with Crippen LogP contribution in [0.1, 0.15) is 44.1 Å². The van der Waals surface area contributed by atoms with E-state index in [9.17, 15) is 44.2 Å². The van der Waals surface area contributed by atoms with E-state index in [1.807, 2.05) is 0 Å². The van der Waals surface area contributed by atoms with Gasteiger partial charge in [0.2, 0.25) is 11.8 Å². The first-order valence-electron chi connectivity index (χ1n) is 16.0. The van der Waals surface area contributed by atoms with Gasteiger partial charge in [-0.1, -0.05) is 30.3 Å². The Morgan fingerprint density at radius 3 is 2.12 bits per heavy atom. The van der Waals surface area contributed by atoms with Gasteiger partial charge in [-0.15, -0.1) is 35.0 Å². The Balaban J connectivity index is 2.15. The number of hydrogen-bond donors (Lipinski definition) is 3. The van der Waals surface area contributed by atoms with Crippen molar-refractivity contribution in [3.05, 3.63) is 74.3 Å². The van der Waals surface area contributed by atoms with Crippen LogP contribution in [0.5, 0.6) is 0 Å². The maximum absolute atomic E-state index is 13.2. The van der Waals surface area contributed by atoms with E-state index in [0.717, 1.165) is 30.0 Å². The molecular weight excluding hydrogens is 749 g/mol. The predicted octanol–water partition coefficient (Wildman–Crippen LogP) is 4.40. The molecule has 3 N–H and O–H groups in total. The predicted molar refractivity (Wildman–Crippen MR) is 190 cm³/mol. The van der Waals surface area contributed by atoms with E-state index in [4.69, 9.17) is 37.4 Å². The number of alkyl carbamates (subject to hydrolysis) is 1. The van der Waals surface area contributed by atoms with Crippen LogP contribution in [-0.4, -0.2) is 89.0 Å². The van der Waals surface area contributed by atoms with Gasteiger partial charge in [0, 0.05) is 30.0 Å². The number of hydrogen-bond acceptors (Lipinski definition) is 13. The summed E-state index contributed by atoms with van der Waals surface area (Å²) in [5.41, 5.74) is -0.422. The topological polar surface area (TPSA) is 235 Å². The summed E-state index contributed by atoms with van der Waals surface area (Å²) < 4.78 is 15.5. The first-order chi connectivity index (χ1) is 24.9. The Hall–Kier alpha value is -4.68. The van der Waals surface area contributed by atoms with Gasteiger partial charge in [0.1, 0.15) is 25.2 Å². The Morgan fingerprint density at radius 2 is 1.48 bits per heavy atom. The molecule has 2 rings (SSSR count). The molecule has 0 unspecified atom stereocenters. The molecule has 0 aliphatic carbocycles. The smallest absolute Gasteiger partial charge is 0.408 e. The zero-order valence-corrected chi connectivity index (χ0v) is 30.3. The number of amides is 3. The second kappa shape index (κ2) is 24.5. The summed E-state index contributed by atoms with van der Waals surface area (Å²) in [6.45, 7) is -0.558. The van der Waals surface area contributed by atoms with Crippen LogP contribution in [0.15, 0.2) is 53.4 Å². The first kappa shape index (κ1) is 43.5. The quantitative estimate of drug-likeness (QED) is 0.0255. The zero-order valence-electron chi connectivity index (χ0n) is 27.9. The van der Waals surface area contributed by atoms with E-state index in [-0.39, 0.29) is 36.9 Å². The number of thioether (sulfide) groups is 1. The lowest BCUT2D eigenvalue weighted by Crippen LogP contribution is -2.50. The molecule has 0 bridgehead atoms. The highest BCUT2D eigenvalue weighted by Crippen LogP contribution is 2.32. The number of esters is 2. The number of nitrogens with one attached hydrogen (secondary N) is 3. The van der Waals surface area contributed by atoms with Gasteiger partial charge in [-0.05, 0) is 43.7 Å². The van der Waals surface area contributed by atoms with Crippen molar-refractivity contribution in [3.63, 3.8) is 0 Å². The van der Waals surface area contributed by atoms with E-state index in [2.05, 4.69) is 16.0 Å². The first-order valence-corrected chi connectivity index (χ1v) is 18.0. The van der Waals surface area contributed by atoms with Crippen LogP contribution in [0.4, 0.5) is 16.2 Å². The zero-order chi connectivity index (χ0) is 38.3. The summed E-state index contributed by atoms with van der Waals surface area (Å²) in [5, 5.41) is 30.0. The van der Waals surface area contributed by atoms with E-state index in [1.54, 1.807) is 30.3 Å². The van der Waals surface area contributed by atoms with Gasteiger partial charge in [-0.2, -0.15) is 0 Å². The standard InChI is InChI=1S/C32H39Cl2N5O12S/c33-14-4-6-16-49-29(41)19-35-30(42)25(21-52-27-12-10-23(38(45)46)18-26(27)39(47)48)36-28(40)13-11-24(31(43)50-17-7-5-15-34)37-32(44)51-20-22-8-2-1-3-9-22/h1-3,8-10,12,18,24-25H,4-7,11,13-17,19-21H2,(H,35,42)(H,36,40)(H,37,44)/t24-,25-/m0/s1. The lowest BCUT2D eigenvalue weighted by molar-refractivity contribution is -0.396. The highest BCUT2D eigenvalue weighted by atomic mass is 35.5. The summed E-state index contributed by atoms with van der Waals surface area (Å²) >= 11 is 12.0. The van der Waals surface area contributed by atoms with E-state index < -0.39 is 76.1 Å². The number of nitro benzene ring substituents is 2. The maximum atomic E-state index is 13.2. The maximum Gasteiger partial charge on any atom is 0.408 e. The molecular formula is C32H39Cl2N5O12S. The van der Waals surface area contributed by atoms with Crippen molar-refractivity contribution in [2.24, 2.45) is 0 Å². The number of nitrogens with zero attached hydrogens (tertiary/aromatic N) is 2. The van der Waals surface area contributed by atoms with E-state index in [1.165, 1.54) is 0 Å². The number of benzene rings is 2. The number of unbranched alkanes of at least 4 members (excludes halogenated alkanes) is 2. The van der Waals surface area contributed by atoms with Crippen molar-refractivity contribution >= 4 is 76.2 Å². The number of alkyl halides is 2. The number of rotatable bonds is 24. The molecule has 0 aliphatic heterocycles. The minimum Gasteiger partial charge on any atom is -0.464 e. The highest BCUT2D eigenvalue weighted by Gasteiger charge is 2.28. The van der Waals surface area contributed by atoms with Crippen LogP contribution in [0.25, 0.3) is 0 Å². The van der Waals surface area contributed by atoms with Gasteiger partial charge >= 0.3 is 18.0 Å². The Kier molecular flexibility index (Phi) is 20.5. The molecule has 0 radical (unpaired) electrons. The van der Waals surface area contributed by atoms with Crippen molar-refractivity contribution in [2.75, 3.05) is 37.3 Å². The molecule has 52 heavy (non-hydrogen) atoms. The van der Waals surface area contributed by atoms with Gasteiger partial charge in [-0.25, -0.2) is 9.59 Å². The van der Waals surface area contributed by atoms with Crippen LogP contribution in [0.3, 0.4) is 0 Å². The van der Waals surface area contributed by atoms with Crippen molar-refractivity contribution in [1.82, 2.24) is 16.0 Å². The van der Waals surface area contributed by atoms with Gasteiger partial charge in [0.05, 0.1) is 34.0 Å². The van der Waals surface area contributed by atoms with Crippen molar-refractivity contribution in [3.8, 4) is 0 Å². The summed E-state index contributed by atoms with van der Waals surface area (Å²) in [7, 11) is 0. The fourth-order valence-electron chi connectivity index (χ4n) is 4.12. The largest absolute Gasteiger partial charge is 0.464 e. The molecule has 17 nitrogen and oxygen atoms in total. The lowest BCUT2D eigenvalue weighted by atomic mass is 10.1. The van der Waals surface area contributed by atoms with Crippen LogP contribution in [-0.2, 0) is 40.0 Å². The van der Waals surface area contributed by atoms with E-state index in [0.29, 0.717) is 43.0 Å². The molecule has 0 aromatic heterocycles. The molecule has 20 heteroatoms. The van der Waals surface area contributed by atoms with Crippen molar-refractivity contribution in [1.29, 1.82) is 0 Å². The molecule has 0 aliphatic rings. The number of carbonyl (C=O) groups excluding carboxylic acids is 5. The number of nitro groups is 2. The molecule has 0 spiro atoms. The fraction of sp³-hybridized carbons (Fsp3) is 0.469. The fourth-order valence-corrected chi connectivity index (χ4v) is 5.53. The van der Waals surface area contributed by atoms with E-state index >= 15 is 0 Å². The number of carbonyl (C=O) groups is 5. The van der Waals surface area contributed by atoms with Gasteiger partial charge in [0.15, 0.2) is 0 Å². The third kappa shape index (κ3) is 17.0. The molecule has 284 valence electrons. The Bertz CT molecular complexity index is 1520. The summed E-state index contributed by atoms with van der Waals surface area (Å²) in [5.74, 6) is -2.78. The van der Waals surface area contributed by atoms with Gasteiger partial charge in [0.25, 0.3) is 11.4 Å². The normalized spacial score (nSPS) is 11.7. The molecule has 0 fully saturated rings. The number of non-ortho nitro benzene ring substituents is 1. The SMILES string of the molecule is O=C(CC[C@H](NC(=O)OCc1ccccc1)C(=O)OCCCCCl)N[C@@H](CSc1ccc([N+](=O)[O-])cc1[N+](=O)[O-])C(=O)NCC(=O)OCCCCCl. The van der Waals surface area contributed by atoms with Crippen LogP contribution < -0.4 is 16.0 Å². The highest BCUT2D eigenvalue weighted by molar-refractivity contribution is 7.99. The summed E-state index contributed by atoms with van der Waals surface area (Å²) in [6.07, 6.45) is 0.528. The van der Waals surface area contributed by atoms with Crippen LogP contribution in [0.2, 0.25) is 0 Å². The molecule has 3 amide bonds. The van der Waals surface area contributed by atoms with Crippen LogP contribution >= 0.6 is 35.0 Å². The van der Waals surface area contributed by atoms with Crippen molar-refractivity contribution < 1.29 is 48.0 Å². The molecule has 2 atom stereocenters. The minimum absolute atomic E-state index is 0.0123. The average Bonchev–Trinajstić information content (AvgIpc) is 3.13. The average molecular weight is 789 g/mol. The van der Waals surface area contributed by atoms with Gasteiger partial charge < -0.3 is 30.2 Å². The van der Waals surface area contributed by atoms with Crippen molar-refractivity contribution in [2.45, 2.75) is 62.1 Å². The second-order valence-electron chi connectivity index (χ2n) is 10.8. The third-order valence-corrected chi connectivity index (χ3v) is 8.52. The third-order valence-electron chi connectivity index (χ3n) is 6.83. The molecule has 0 heterocycles. The second-order valence-corrected chi connectivity index (χ2v) is 12.6. The molecule has 0 saturated heterocycles. The number of ether oxygens (including phenoxy) is 3. The Morgan fingerprint density at radius 1 is 0.808 bits per heavy atom. The lowest BCUT2D eigenvalue weighted by Gasteiger charge is -2.20.